The van der Waals surface area contributed by atoms with Crippen molar-refractivity contribution in [1.82, 2.24) is 20.0 Å². The third-order valence-electron chi connectivity index (χ3n) is 4.17. The van der Waals surface area contributed by atoms with Crippen molar-refractivity contribution >= 4 is 43.4 Å². The number of rotatable bonds is 3. The summed E-state index contributed by atoms with van der Waals surface area (Å²) in [4.78, 5) is 18.3. The van der Waals surface area contributed by atoms with Gasteiger partial charge in [0.05, 0.1) is 12.3 Å². The molecular formula is C18H15ClN4O2S. The lowest BCUT2D eigenvalue weighted by Gasteiger charge is -2.06. The number of aryl methyl sites for hydroxylation is 2. The Bertz CT molecular complexity index is 1220. The first-order valence-corrected chi connectivity index (χ1v) is 9.13. The van der Waals surface area contributed by atoms with E-state index in [9.17, 15) is 4.79 Å². The molecule has 0 amide bonds. The molecule has 0 radical (unpaired) electrons. The number of nitrogens with zero attached hydrogens (tertiary/aromatic N) is 4. The normalized spacial score (nSPS) is 11.5. The molecule has 8 heteroatoms. The molecule has 0 aliphatic heterocycles. The van der Waals surface area contributed by atoms with Gasteiger partial charge in [-0.15, -0.1) is 16.4 Å². The van der Waals surface area contributed by atoms with E-state index in [0.717, 1.165) is 27.0 Å². The molecule has 0 aliphatic rings. The van der Waals surface area contributed by atoms with E-state index in [1.54, 1.807) is 19.2 Å². The lowest BCUT2D eigenvalue weighted by molar-refractivity contribution is 0.186. The van der Waals surface area contributed by atoms with Crippen LogP contribution in [0.1, 0.15) is 16.8 Å². The highest BCUT2D eigenvalue weighted by Crippen LogP contribution is 2.32. The van der Waals surface area contributed by atoms with Gasteiger partial charge in [0, 0.05) is 23.2 Å². The second-order valence-electron chi connectivity index (χ2n) is 6.06. The van der Waals surface area contributed by atoms with E-state index in [2.05, 4.69) is 15.3 Å². The largest absolute Gasteiger partial charge is 0.380 e. The standard InChI is InChI=1S/C18H15ClN4O2S/c1-9-4-5-12(7-13(9)19)23-18(24)16-15(21-22-23)14-11(8-25-3)6-10(2)20-17(14)26-16/h4-7H,8H2,1-3H3. The molecule has 0 bridgehead atoms. The summed E-state index contributed by atoms with van der Waals surface area (Å²) in [6.07, 6.45) is 0. The average molecular weight is 387 g/mol. The SMILES string of the molecule is COCc1cc(C)nc2sc3c(=O)n(-c4ccc(C)c(Cl)c4)nnc3c12. The molecule has 4 aromatic rings. The monoisotopic (exact) mass is 386 g/mol. The van der Waals surface area contributed by atoms with Gasteiger partial charge in [0.1, 0.15) is 15.0 Å². The van der Waals surface area contributed by atoms with Crippen LogP contribution in [-0.4, -0.2) is 27.1 Å². The second kappa shape index (κ2) is 6.42. The van der Waals surface area contributed by atoms with Crippen LogP contribution in [0.5, 0.6) is 0 Å². The summed E-state index contributed by atoms with van der Waals surface area (Å²) in [6.45, 7) is 4.24. The third-order valence-corrected chi connectivity index (χ3v) is 5.64. The molecule has 0 fully saturated rings. The van der Waals surface area contributed by atoms with E-state index in [1.807, 2.05) is 26.0 Å². The summed E-state index contributed by atoms with van der Waals surface area (Å²) in [5.74, 6) is 0. The zero-order chi connectivity index (χ0) is 18.4. The number of thiophene rings is 1. The number of hydrogen-bond acceptors (Lipinski definition) is 6. The Hall–Kier alpha value is -2.35. The number of pyridine rings is 1. The molecule has 4 rings (SSSR count). The summed E-state index contributed by atoms with van der Waals surface area (Å²) >= 11 is 7.51. The summed E-state index contributed by atoms with van der Waals surface area (Å²) in [7, 11) is 1.63. The molecule has 3 aromatic heterocycles. The van der Waals surface area contributed by atoms with Crippen molar-refractivity contribution in [3.63, 3.8) is 0 Å². The number of aromatic nitrogens is 4. The van der Waals surface area contributed by atoms with E-state index in [0.29, 0.717) is 27.5 Å². The maximum absolute atomic E-state index is 13.0. The van der Waals surface area contributed by atoms with Crippen LogP contribution in [-0.2, 0) is 11.3 Å². The topological polar surface area (TPSA) is 69.9 Å². The van der Waals surface area contributed by atoms with Crippen molar-refractivity contribution in [2.24, 2.45) is 0 Å². The summed E-state index contributed by atoms with van der Waals surface area (Å²) in [5.41, 5.74) is 3.66. The van der Waals surface area contributed by atoms with Crippen molar-refractivity contribution in [1.29, 1.82) is 0 Å². The van der Waals surface area contributed by atoms with Gasteiger partial charge in [-0.05, 0) is 43.2 Å². The molecule has 1 aromatic carbocycles. The minimum atomic E-state index is -0.237. The molecular weight excluding hydrogens is 372 g/mol. The van der Waals surface area contributed by atoms with Crippen LogP contribution in [0.2, 0.25) is 5.02 Å². The van der Waals surface area contributed by atoms with E-state index >= 15 is 0 Å². The molecule has 26 heavy (non-hydrogen) atoms. The van der Waals surface area contributed by atoms with Gasteiger partial charge in [0.15, 0.2) is 0 Å². The number of benzene rings is 1. The Morgan fingerprint density at radius 3 is 2.81 bits per heavy atom. The Morgan fingerprint density at radius 1 is 1.27 bits per heavy atom. The molecule has 6 nitrogen and oxygen atoms in total. The molecule has 0 saturated heterocycles. The van der Waals surface area contributed by atoms with Crippen molar-refractivity contribution in [2.45, 2.75) is 20.5 Å². The van der Waals surface area contributed by atoms with Crippen LogP contribution in [0.25, 0.3) is 26.1 Å². The van der Waals surface area contributed by atoms with Gasteiger partial charge in [0.2, 0.25) is 0 Å². The Kier molecular flexibility index (Phi) is 4.22. The van der Waals surface area contributed by atoms with Gasteiger partial charge >= 0.3 is 0 Å². The molecule has 0 N–H and O–H groups in total. The fourth-order valence-electron chi connectivity index (χ4n) is 2.91. The van der Waals surface area contributed by atoms with Gasteiger partial charge in [-0.1, -0.05) is 22.9 Å². The number of methoxy groups -OCH3 is 1. The summed E-state index contributed by atoms with van der Waals surface area (Å²) in [6, 6.07) is 7.31. The predicted molar refractivity (Wildman–Crippen MR) is 104 cm³/mol. The average Bonchev–Trinajstić information content (AvgIpc) is 2.97. The zero-order valence-electron chi connectivity index (χ0n) is 14.4. The molecule has 0 atom stereocenters. The Balaban J connectivity index is 2.02. The third kappa shape index (κ3) is 2.68. The first-order valence-electron chi connectivity index (χ1n) is 7.94. The maximum Gasteiger partial charge on any atom is 0.292 e. The minimum absolute atomic E-state index is 0.237. The summed E-state index contributed by atoms with van der Waals surface area (Å²) < 4.78 is 7.07. The molecule has 0 saturated carbocycles. The lowest BCUT2D eigenvalue weighted by Crippen LogP contribution is -2.21. The highest BCUT2D eigenvalue weighted by atomic mass is 35.5. The van der Waals surface area contributed by atoms with Gasteiger partial charge in [-0.25, -0.2) is 4.98 Å². The van der Waals surface area contributed by atoms with Crippen molar-refractivity contribution < 1.29 is 4.74 Å². The predicted octanol–water partition coefficient (Wildman–Crippen LogP) is 3.81. The minimum Gasteiger partial charge on any atom is -0.380 e. The van der Waals surface area contributed by atoms with Crippen LogP contribution < -0.4 is 5.56 Å². The van der Waals surface area contributed by atoms with E-state index in [1.165, 1.54) is 16.0 Å². The van der Waals surface area contributed by atoms with Gasteiger partial charge in [-0.2, -0.15) is 4.68 Å². The molecule has 132 valence electrons. The molecule has 0 aliphatic carbocycles. The summed E-state index contributed by atoms with van der Waals surface area (Å²) in [5, 5.41) is 9.85. The zero-order valence-corrected chi connectivity index (χ0v) is 16.0. The lowest BCUT2D eigenvalue weighted by atomic mass is 10.1. The van der Waals surface area contributed by atoms with E-state index in [-0.39, 0.29) is 5.56 Å². The van der Waals surface area contributed by atoms with Crippen molar-refractivity contribution in [2.75, 3.05) is 7.11 Å². The number of ether oxygens (including phenoxy) is 1. The number of halogens is 1. The van der Waals surface area contributed by atoms with Crippen molar-refractivity contribution in [3.05, 3.63) is 56.5 Å². The second-order valence-corrected chi connectivity index (χ2v) is 7.46. The molecule has 0 unspecified atom stereocenters. The quantitative estimate of drug-likeness (QED) is 0.535. The smallest absolute Gasteiger partial charge is 0.292 e. The van der Waals surface area contributed by atoms with Gasteiger partial charge in [-0.3, -0.25) is 4.79 Å². The number of hydrogen-bond donors (Lipinski definition) is 0. The van der Waals surface area contributed by atoms with Crippen LogP contribution in [0.15, 0.2) is 29.1 Å². The van der Waals surface area contributed by atoms with Crippen LogP contribution in [0.4, 0.5) is 0 Å². The first-order chi connectivity index (χ1) is 12.5. The van der Waals surface area contributed by atoms with Gasteiger partial charge < -0.3 is 4.74 Å². The fourth-order valence-corrected chi connectivity index (χ4v) is 4.22. The highest BCUT2D eigenvalue weighted by molar-refractivity contribution is 7.25. The maximum atomic E-state index is 13.0. The molecule has 3 heterocycles. The molecule has 0 spiro atoms. The van der Waals surface area contributed by atoms with Crippen LogP contribution in [0, 0.1) is 13.8 Å². The Morgan fingerprint density at radius 2 is 2.08 bits per heavy atom. The fraction of sp³-hybridized carbons (Fsp3) is 0.222. The first kappa shape index (κ1) is 17.1. The highest BCUT2D eigenvalue weighted by Gasteiger charge is 2.18. The Labute approximate surface area is 158 Å². The van der Waals surface area contributed by atoms with E-state index in [4.69, 9.17) is 16.3 Å². The van der Waals surface area contributed by atoms with Gasteiger partial charge in [0.25, 0.3) is 5.56 Å². The van der Waals surface area contributed by atoms with Crippen LogP contribution >= 0.6 is 22.9 Å². The van der Waals surface area contributed by atoms with Crippen molar-refractivity contribution in [3.8, 4) is 5.69 Å². The van der Waals surface area contributed by atoms with E-state index < -0.39 is 0 Å². The number of fused-ring (bicyclic) bond motifs is 3. The van der Waals surface area contributed by atoms with Crippen LogP contribution in [0.3, 0.4) is 0 Å².